The van der Waals surface area contributed by atoms with Gasteiger partial charge in [-0.3, -0.25) is 9.40 Å². The predicted molar refractivity (Wildman–Crippen MR) is 78.5 cm³/mol. The number of aliphatic hydroxyl groups excluding tert-OH is 1. The highest BCUT2D eigenvalue weighted by molar-refractivity contribution is 7.94. The van der Waals surface area contributed by atoms with Crippen LogP contribution in [0.3, 0.4) is 0 Å². The Labute approximate surface area is 122 Å². The van der Waals surface area contributed by atoms with Crippen molar-refractivity contribution in [3.8, 4) is 0 Å². The molecule has 110 valence electrons. The number of rotatable bonds is 6. The molecule has 6 nitrogen and oxygen atoms in total. The molecule has 0 bridgehead atoms. The van der Waals surface area contributed by atoms with E-state index in [0.717, 1.165) is 4.88 Å². The van der Waals surface area contributed by atoms with E-state index >= 15 is 0 Å². The number of nitrogens with one attached hydrogen (secondary N) is 1. The summed E-state index contributed by atoms with van der Waals surface area (Å²) in [5, 5.41) is 13.1. The second-order valence-corrected chi connectivity index (χ2v) is 7.39. The molecule has 0 saturated carbocycles. The maximum atomic E-state index is 12.3. The average molecular weight is 315 g/mol. The number of anilines is 1. The van der Waals surface area contributed by atoms with Gasteiger partial charge < -0.3 is 5.11 Å². The fraction of sp³-hybridized carbons (Fsp3) is 0.417. The molecular formula is C12H17N3O3S2. The molecule has 0 spiro atoms. The van der Waals surface area contributed by atoms with E-state index in [0.29, 0.717) is 24.2 Å². The van der Waals surface area contributed by atoms with Crippen molar-refractivity contribution in [3.05, 3.63) is 28.9 Å². The number of hydrogen-bond donors (Lipinski definition) is 2. The van der Waals surface area contributed by atoms with Gasteiger partial charge in [-0.2, -0.15) is 5.10 Å². The summed E-state index contributed by atoms with van der Waals surface area (Å²) in [4.78, 5) is 0.842. The van der Waals surface area contributed by atoms with Crippen molar-refractivity contribution in [2.24, 2.45) is 7.05 Å². The first-order valence-electron chi connectivity index (χ1n) is 6.21. The molecule has 0 fully saturated rings. The zero-order valence-corrected chi connectivity index (χ0v) is 13.0. The number of aryl methyl sites for hydroxylation is 2. The lowest BCUT2D eigenvalue weighted by Crippen LogP contribution is -2.12. The number of nitrogens with zero attached hydrogens (tertiary/aromatic N) is 2. The van der Waals surface area contributed by atoms with E-state index in [9.17, 15) is 8.42 Å². The second kappa shape index (κ2) is 5.94. The average Bonchev–Trinajstić information content (AvgIpc) is 2.96. The Morgan fingerprint density at radius 1 is 1.45 bits per heavy atom. The van der Waals surface area contributed by atoms with Gasteiger partial charge in [0.15, 0.2) is 0 Å². The first-order chi connectivity index (χ1) is 9.46. The summed E-state index contributed by atoms with van der Waals surface area (Å²) in [6.07, 6.45) is 2.77. The van der Waals surface area contributed by atoms with Gasteiger partial charge in [0.2, 0.25) is 0 Å². The zero-order valence-electron chi connectivity index (χ0n) is 11.3. The first kappa shape index (κ1) is 15.0. The molecule has 2 N–H and O–H groups in total. The summed E-state index contributed by atoms with van der Waals surface area (Å²) in [6.45, 7) is 1.93. The Hall–Kier alpha value is -1.38. The van der Waals surface area contributed by atoms with Gasteiger partial charge in [0.25, 0.3) is 10.0 Å². The minimum absolute atomic E-state index is 0.00994. The number of aromatic nitrogens is 2. The topological polar surface area (TPSA) is 84.2 Å². The van der Waals surface area contributed by atoms with Gasteiger partial charge >= 0.3 is 0 Å². The molecule has 0 aliphatic carbocycles. The Morgan fingerprint density at radius 3 is 2.85 bits per heavy atom. The van der Waals surface area contributed by atoms with Crippen molar-refractivity contribution in [2.45, 2.75) is 24.0 Å². The fourth-order valence-corrected chi connectivity index (χ4v) is 4.24. The summed E-state index contributed by atoms with van der Waals surface area (Å²) in [6, 6.07) is 3.28. The minimum atomic E-state index is -3.60. The van der Waals surface area contributed by atoms with Crippen molar-refractivity contribution in [2.75, 3.05) is 11.3 Å². The quantitative estimate of drug-likeness (QED) is 0.843. The number of thiophene rings is 1. The molecule has 0 aliphatic rings. The smallest absolute Gasteiger partial charge is 0.271 e. The summed E-state index contributed by atoms with van der Waals surface area (Å²) >= 11 is 1.17. The van der Waals surface area contributed by atoms with Gasteiger partial charge in [0.05, 0.1) is 11.4 Å². The lowest BCUT2D eigenvalue weighted by atomic mass is 10.3. The third-order valence-corrected chi connectivity index (χ3v) is 5.75. The van der Waals surface area contributed by atoms with E-state index in [1.54, 1.807) is 30.1 Å². The first-order valence-corrected chi connectivity index (χ1v) is 8.51. The largest absolute Gasteiger partial charge is 0.396 e. The van der Waals surface area contributed by atoms with Crippen molar-refractivity contribution in [1.82, 2.24) is 9.78 Å². The normalized spacial score (nSPS) is 11.8. The van der Waals surface area contributed by atoms with Gasteiger partial charge in [0, 0.05) is 31.1 Å². The van der Waals surface area contributed by atoms with Crippen LogP contribution in [-0.4, -0.2) is 29.9 Å². The molecule has 0 unspecified atom stereocenters. The second-order valence-electron chi connectivity index (χ2n) is 4.32. The van der Waals surface area contributed by atoms with Crippen LogP contribution in [0.1, 0.15) is 17.5 Å². The van der Waals surface area contributed by atoms with E-state index in [-0.39, 0.29) is 10.8 Å². The van der Waals surface area contributed by atoms with Crippen molar-refractivity contribution in [3.63, 3.8) is 0 Å². The molecule has 2 heterocycles. The standard InChI is InChI=1S/C12H17N3O3S2/c1-3-10-11(8-15(2)13-10)14-20(17,18)12-5-4-9(19-12)6-7-16/h4-5,8,14,16H,3,6-7H2,1-2H3. The Balaban J connectivity index is 2.25. The zero-order chi connectivity index (χ0) is 14.8. The number of aliphatic hydroxyl groups is 1. The molecule has 0 radical (unpaired) electrons. The third-order valence-electron chi connectivity index (χ3n) is 2.74. The van der Waals surface area contributed by atoms with Crippen molar-refractivity contribution < 1.29 is 13.5 Å². The summed E-state index contributed by atoms with van der Waals surface area (Å²) in [5.41, 5.74) is 1.22. The monoisotopic (exact) mass is 315 g/mol. The molecule has 2 aromatic rings. The van der Waals surface area contributed by atoms with Gasteiger partial charge in [-0.25, -0.2) is 8.42 Å². The van der Waals surface area contributed by atoms with Crippen LogP contribution in [-0.2, 0) is 29.9 Å². The van der Waals surface area contributed by atoms with Crippen LogP contribution < -0.4 is 4.72 Å². The minimum Gasteiger partial charge on any atom is -0.396 e. The van der Waals surface area contributed by atoms with Crippen LogP contribution in [0, 0.1) is 0 Å². The van der Waals surface area contributed by atoms with E-state index in [2.05, 4.69) is 9.82 Å². The van der Waals surface area contributed by atoms with Gasteiger partial charge in [0.1, 0.15) is 4.21 Å². The van der Waals surface area contributed by atoms with E-state index in [4.69, 9.17) is 5.11 Å². The van der Waals surface area contributed by atoms with E-state index < -0.39 is 10.0 Å². The molecule has 0 aromatic carbocycles. The predicted octanol–water partition coefficient (Wildman–Crippen LogP) is 1.38. The van der Waals surface area contributed by atoms with Gasteiger partial charge in [-0.1, -0.05) is 6.92 Å². The Bertz CT molecular complexity index is 689. The lowest BCUT2D eigenvalue weighted by molar-refractivity contribution is 0.300. The molecule has 20 heavy (non-hydrogen) atoms. The molecule has 0 amide bonds. The van der Waals surface area contributed by atoms with Crippen LogP contribution in [0.25, 0.3) is 0 Å². The van der Waals surface area contributed by atoms with Gasteiger partial charge in [-0.15, -0.1) is 11.3 Å². The summed E-state index contributed by atoms with van der Waals surface area (Å²) < 4.78 is 29.0. The number of sulfonamides is 1. The van der Waals surface area contributed by atoms with Crippen molar-refractivity contribution in [1.29, 1.82) is 0 Å². The number of hydrogen-bond acceptors (Lipinski definition) is 5. The molecular weight excluding hydrogens is 298 g/mol. The SMILES string of the molecule is CCc1nn(C)cc1NS(=O)(=O)c1ccc(CCO)s1. The Kier molecular flexibility index (Phi) is 4.46. The highest BCUT2D eigenvalue weighted by Gasteiger charge is 2.19. The molecule has 2 rings (SSSR count). The van der Waals surface area contributed by atoms with Crippen LogP contribution in [0.5, 0.6) is 0 Å². The van der Waals surface area contributed by atoms with Crippen LogP contribution >= 0.6 is 11.3 Å². The molecule has 2 aromatic heterocycles. The third kappa shape index (κ3) is 3.20. The molecule has 0 saturated heterocycles. The molecule has 8 heteroatoms. The molecule has 0 aliphatic heterocycles. The Morgan fingerprint density at radius 2 is 2.20 bits per heavy atom. The molecule has 0 atom stereocenters. The van der Waals surface area contributed by atoms with Crippen LogP contribution in [0.2, 0.25) is 0 Å². The van der Waals surface area contributed by atoms with E-state index in [1.165, 1.54) is 11.3 Å². The fourth-order valence-electron chi connectivity index (χ4n) is 1.82. The maximum absolute atomic E-state index is 12.3. The highest BCUT2D eigenvalue weighted by atomic mass is 32.2. The van der Waals surface area contributed by atoms with E-state index in [1.807, 2.05) is 6.92 Å². The summed E-state index contributed by atoms with van der Waals surface area (Å²) in [7, 11) is -1.85. The maximum Gasteiger partial charge on any atom is 0.271 e. The lowest BCUT2D eigenvalue weighted by Gasteiger charge is -2.04. The van der Waals surface area contributed by atoms with Crippen LogP contribution in [0.15, 0.2) is 22.5 Å². The highest BCUT2D eigenvalue weighted by Crippen LogP contribution is 2.25. The summed E-state index contributed by atoms with van der Waals surface area (Å²) in [5.74, 6) is 0. The van der Waals surface area contributed by atoms with Gasteiger partial charge in [-0.05, 0) is 18.6 Å². The van der Waals surface area contributed by atoms with Crippen molar-refractivity contribution >= 4 is 27.0 Å². The van der Waals surface area contributed by atoms with Crippen LogP contribution in [0.4, 0.5) is 5.69 Å².